The number of fused-ring (bicyclic) bond motifs is 1. The molecule has 3 aliphatic rings. The first-order chi connectivity index (χ1) is 12.3. The van der Waals surface area contributed by atoms with E-state index in [1.165, 1.54) is 0 Å². The summed E-state index contributed by atoms with van der Waals surface area (Å²) < 4.78 is 0. The molecule has 0 radical (unpaired) electrons. The monoisotopic (exact) mass is 359 g/mol. The van der Waals surface area contributed by atoms with Crippen molar-refractivity contribution in [3.05, 3.63) is 35.6 Å². The molecule has 1 saturated carbocycles. The summed E-state index contributed by atoms with van der Waals surface area (Å²) in [6, 6.07) is -0.954. The van der Waals surface area contributed by atoms with Gasteiger partial charge < -0.3 is 15.5 Å². The van der Waals surface area contributed by atoms with Gasteiger partial charge in [-0.1, -0.05) is 44.6 Å². The Kier molecular flexibility index (Phi) is 5.11. The Morgan fingerprint density at radius 1 is 1.35 bits per heavy atom. The summed E-state index contributed by atoms with van der Waals surface area (Å²) in [5, 5.41) is 23.0. The lowest BCUT2D eigenvalue weighted by atomic mass is 9.54. The molecule has 1 saturated heterocycles. The highest BCUT2D eigenvalue weighted by Gasteiger charge is 2.52. The maximum atomic E-state index is 12.6. The Balaban J connectivity index is 2.11. The number of aliphatic hydroxyl groups is 2. The molecule has 1 amide bonds. The summed E-state index contributed by atoms with van der Waals surface area (Å²) in [5.41, 5.74) is -0.882. The maximum absolute atomic E-state index is 12.6. The number of allylic oxidation sites excluding steroid dienone is 5. The van der Waals surface area contributed by atoms with Crippen LogP contribution >= 0.6 is 0 Å². The Morgan fingerprint density at radius 2 is 2.08 bits per heavy atom. The van der Waals surface area contributed by atoms with Gasteiger partial charge in [0.1, 0.15) is 17.4 Å². The van der Waals surface area contributed by atoms with Gasteiger partial charge in [-0.2, -0.15) is 0 Å². The summed E-state index contributed by atoms with van der Waals surface area (Å²) in [4.78, 5) is 24.9. The number of carbonyl (C=O) groups excluding carboxylic acids is 2. The van der Waals surface area contributed by atoms with Crippen molar-refractivity contribution in [2.75, 3.05) is 6.61 Å². The molecule has 2 aliphatic carbocycles. The second-order valence-electron chi connectivity index (χ2n) is 8.20. The SMILES string of the molecule is C/C=C/[C@@H]1C=C[C@@H]2C[C@H](C)CC[C@H]2[C@]1(C)/C(O)=C1\C(=O)N[C@@H](CO)C1=O. The number of hydrogen-bond acceptors (Lipinski definition) is 4. The summed E-state index contributed by atoms with van der Waals surface area (Å²) >= 11 is 0. The van der Waals surface area contributed by atoms with Crippen LogP contribution in [0.4, 0.5) is 0 Å². The second-order valence-corrected chi connectivity index (χ2v) is 8.20. The average molecular weight is 359 g/mol. The van der Waals surface area contributed by atoms with Crippen LogP contribution in [0.3, 0.4) is 0 Å². The lowest BCUT2D eigenvalue weighted by molar-refractivity contribution is -0.118. The van der Waals surface area contributed by atoms with Gasteiger partial charge in [-0.05, 0) is 37.5 Å². The number of rotatable bonds is 3. The van der Waals surface area contributed by atoms with E-state index in [2.05, 4.69) is 24.4 Å². The minimum atomic E-state index is -0.954. The number of carbonyl (C=O) groups is 2. The number of hydrogen-bond donors (Lipinski definition) is 3. The topological polar surface area (TPSA) is 86.6 Å². The van der Waals surface area contributed by atoms with Gasteiger partial charge in [-0.15, -0.1) is 0 Å². The molecular formula is C21H29NO4. The molecule has 0 unspecified atom stereocenters. The average Bonchev–Trinajstić information content (AvgIpc) is 2.90. The molecule has 26 heavy (non-hydrogen) atoms. The molecule has 0 bridgehead atoms. The van der Waals surface area contributed by atoms with Crippen LogP contribution in [-0.2, 0) is 9.59 Å². The van der Waals surface area contributed by atoms with Crippen molar-refractivity contribution < 1.29 is 19.8 Å². The van der Waals surface area contributed by atoms with E-state index >= 15 is 0 Å². The fourth-order valence-corrected chi connectivity index (χ4v) is 5.10. The lowest BCUT2D eigenvalue weighted by Gasteiger charge is -2.50. The molecule has 0 spiro atoms. The van der Waals surface area contributed by atoms with Crippen LogP contribution in [0, 0.1) is 29.1 Å². The highest BCUT2D eigenvalue weighted by Crippen LogP contribution is 2.55. The van der Waals surface area contributed by atoms with Crippen LogP contribution in [0.2, 0.25) is 0 Å². The molecule has 0 aromatic rings. The molecule has 142 valence electrons. The van der Waals surface area contributed by atoms with Crippen molar-refractivity contribution in [2.45, 2.75) is 46.1 Å². The highest BCUT2D eigenvalue weighted by atomic mass is 16.3. The van der Waals surface area contributed by atoms with Crippen LogP contribution < -0.4 is 5.32 Å². The molecule has 3 N–H and O–H groups in total. The molecule has 3 rings (SSSR count). The minimum Gasteiger partial charge on any atom is -0.511 e. The molecule has 0 aromatic heterocycles. The van der Waals surface area contributed by atoms with Crippen molar-refractivity contribution in [1.29, 1.82) is 0 Å². The predicted octanol–water partition coefficient (Wildman–Crippen LogP) is 2.68. The summed E-state index contributed by atoms with van der Waals surface area (Å²) in [7, 11) is 0. The van der Waals surface area contributed by atoms with Gasteiger partial charge in [-0.3, -0.25) is 9.59 Å². The van der Waals surface area contributed by atoms with Gasteiger partial charge >= 0.3 is 0 Å². The first-order valence-electron chi connectivity index (χ1n) is 9.55. The Hall–Kier alpha value is -1.88. The van der Waals surface area contributed by atoms with E-state index in [-0.39, 0.29) is 23.2 Å². The number of amides is 1. The maximum Gasteiger partial charge on any atom is 0.259 e. The third-order valence-corrected chi connectivity index (χ3v) is 6.61. The minimum absolute atomic E-state index is 0.0802. The van der Waals surface area contributed by atoms with E-state index in [0.717, 1.165) is 19.3 Å². The van der Waals surface area contributed by atoms with E-state index in [4.69, 9.17) is 0 Å². The normalized spacial score (nSPS) is 42.1. The molecule has 1 aliphatic heterocycles. The summed E-state index contributed by atoms with van der Waals surface area (Å²) in [6.45, 7) is 5.70. The van der Waals surface area contributed by atoms with Gasteiger partial charge in [0.15, 0.2) is 5.78 Å². The highest BCUT2D eigenvalue weighted by molar-refractivity contribution is 6.27. The zero-order chi connectivity index (χ0) is 19.1. The number of ketones is 1. The van der Waals surface area contributed by atoms with Gasteiger partial charge in [0.2, 0.25) is 0 Å². The van der Waals surface area contributed by atoms with Crippen LogP contribution in [0.15, 0.2) is 35.6 Å². The first kappa shape index (κ1) is 18.9. The van der Waals surface area contributed by atoms with E-state index in [1.54, 1.807) is 0 Å². The molecular weight excluding hydrogens is 330 g/mol. The van der Waals surface area contributed by atoms with Crippen LogP contribution in [-0.4, -0.2) is 34.6 Å². The van der Waals surface area contributed by atoms with E-state index in [0.29, 0.717) is 11.8 Å². The number of nitrogens with one attached hydrogen (secondary N) is 1. The molecule has 2 fully saturated rings. The van der Waals surface area contributed by atoms with Crippen molar-refractivity contribution in [2.24, 2.45) is 29.1 Å². The van der Waals surface area contributed by atoms with Crippen molar-refractivity contribution in [3.8, 4) is 0 Å². The van der Waals surface area contributed by atoms with Gasteiger partial charge in [-0.25, -0.2) is 0 Å². The zero-order valence-electron chi connectivity index (χ0n) is 15.7. The molecule has 0 aromatic carbocycles. The molecule has 5 nitrogen and oxygen atoms in total. The largest absolute Gasteiger partial charge is 0.511 e. The summed E-state index contributed by atoms with van der Waals surface area (Å²) in [6.07, 6.45) is 11.4. The van der Waals surface area contributed by atoms with Crippen LogP contribution in [0.25, 0.3) is 0 Å². The van der Waals surface area contributed by atoms with E-state index in [1.807, 2.05) is 26.0 Å². The van der Waals surface area contributed by atoms with Crippen LogP contribution in [0.5, 0.6) is 0 Å². The quantitative estimate of drug-likeness (QED) is 0.313. The Bertz CT molecular complexity index is 692. The molecule has 5 heteroatoms. The zero-order valence-corrected chi connectivity index (χ0v) is 15.7. The summed E-state index contributed by atoms with van der Waals surface area (Å²) in [5.74, 6) is -0.148. The predicted molar refractivity (Wildman–Crippen MR) is 99.2 cm³/mol. The van der Waals surface area contributed by atoms with Gasteiger partial charge in [0.25, 0.3) is 5.91 Å². The fraction of sp³-hybridized carbons (Fsp3) is 0.619. The van der Waals surface area contributed by atoms with Crippen molar-refractivity contribution in [1.82, 2.24) is 5.32 Å². The standard InChI is InChI=1S/C21H29NO4/c1-4-5-14-8-7-13-10-12(2)6-9-15(13)21(14,3)19(25)17-18(24)16(11-23)22-20(17)26/h4-5,7-8,12-16,23,25H,6,9-11H2,1-3H3,(H,22,26)/b5-4+,19-17+/t12-,13-,14-,15-,16+,21-/m1/s1. The third-order valence-electron chi connectivity index (χ3n) is 6.61. The molecule has 6 atom stereocenters. The fourth-order valence-electron chi connectivity index (χ4n) is 5.10. The first-order valence-corrected chi connectivity index (χ1v) is 9.55. The van der Waals surface area contributed by atoms with Gasteiger partial charge in [0, 0.05) is 11.3 Å². The Morgan fingerprint density at radius 3 is 2.69 bits per heavy atom. The second kappa shape index (κ2) is 7.03. The molecule has 1 heterocycles. The van der Waals surface area contributed by atoms with Crippen molar-refractivity contribution in [3.63, 3.8) is 0 Å². The Labute approximate surface area is 154 Å². The third kappa shape index (κ3) is 2.82. The van der Waals surface area contributed by atoms with E-state index in [9.17, 15) is 19.8 Å². The number of Topliss-reactive ketones (excluding diaryl/α,β-unsaturated/α-hetero) is 1. The van der Waals surface area contributed by atoms with Crippen LogP contribution in [0.1, 0.15) is 40.0 Å². The van der Waals surface area contributed by atoms with E-state index < -0.39 is 29.8 Å². The van der Waals surface area contributed by atoms with Gasteiger partial charge in [0.05, 0.1) is 6.61 Å². The van der Waals surface area contributed by atoms with Crippen molar-refractivity contribution >= 4 is 11.7 Å². The number of aliphatic hydroxyl groups excluding tert-OH is 2. The smallest absolute Gasteiger partial charge is 0.259 e. The lowest BCUT2D eigenvalue weighted by Crippen LogP contribution is -2.45.